The van der Waals surface area contributed by atoms with Crippen molar-refractivity contribution in [2.75, 3.05) is 38.4 Å². The Bertz CT molecular complexity index is 3410. The van der Waals surface area contributed by atoms with E-state index in [0.717, 1.165) is 36.6 Å². The number of phosphoric ester groups is 2. The minimum atomic E-state index is -6.27. The molecule has 1 amide bonds. The summed E-state index contributed by atoms with van der Waals surface area (Å²) in [6.45, 7) is -0.212. The number of nitrogens with one attached hydrogen (secondary N) is 3. The van der Waals surface area contributed by atoms with Gasteiger partial charge in [0, 0.05) is 37.8 Å². The van der Waals surface area contributed by atoms with Gasteiger partial charge >= 0.3 is 34.7 Å². The van der Waals surface area contributed by atoms with Crippen molar-refractivity contribution in [1.82, 2.24) is 48.9 Å². The smallest absolute Gasteiger partial charge is 0.490 e. The van der Waals surface area contributed by atoms with E-state index in [2.05, 4.69) is 38.9 Å². The van der Waals surface area contributed by atoms with Crippen LogP contribution in [0.3, 0.4) is 0 Å². The number of amides is 1. The van der Waals surface area contributed by atoms with Crippen LogP contribution in [-0.4, -0.2) is 161 Å². The molecule has 3 aliphatic heterocycles. The molecule has 8 rings (SSSR count). The number of rotatable bonds is 21. The summed E-state index contributed by atoms with van der Waals surface area (Å²) in [6.07, 6.45) is -13.1. The largest absolute Gasteiger partial charge is 0.778 e. The van der Waals surface area contributed by atoms with Gasteiger partial charge in [-0.15, -0.1) is 0 Å². The van der Waals surface area contributed by atoms with Crippen molar-refractivity contribution >= 4 is 71.1 Å². The predicted octanol–water partition coefficient (Wildman–Crippen LogP) is -4.27. The van der Waals surface area contributed by atoms with Gasteiger partial charge in [0.15, 0.2) is 23.9 Å². The molecule has 5 aromatic rings. The van der Waals surface area contributed by atoms with E-state index in [9.17, 15) is 72.3 Å². The summed E-state index contributed by atoms with van der Waals surface area (Å²) in [5.41, 5.74) is 6.94. The Kier molecular flexibility index (Phi) is 16.8. The summed E-state index contributed by atoms with van der Waals surface area (Å²) in [5.74, 6) is -2.30. The van der Waals surface area contributed by atoms with E-state index in [1.165, 1.54) is 22.5 Å². The third-order valence-electron chi connectivity index (χ3n) is 12.2. The number of aryl methyl sites for hydroxylation is 1. The Hall–Kier alpha value is -5.07. The Labute approximate surface area is 430 Å². The SMILES string of the molecule is CO[C@@H]1[C@H](P(=O)([O-])OC[C@H]2O[C@@H](n3ccc(=O)[nH]c3=O)[C@H](O)[C@@H]2O)[C@@H](COP(=O)(O)OP(=O)(O)OP(=O)(O)OC[C@H]2OC(n3c[n+](C)c4c(=O)[nH]c(N)nc43)[C@H](O)[C@@H]2CC(=O)NC(C)C)O[C@H]1n1cnc2c(N)ncnc21. The first kappa shape index (κ1) is 58.1. The summed E-state index contributed by atoms with van der Waals surface area (Å²) in [4.78, 5) is 116. The van der Waals surface area contributed by atoms with Crippen LogP contribution in [0, 0.1) is 5.92 Å². The number of hydrogen-bond donors (Lipinski definition) is 11. The number of nitrogens with zero attached hydrogens (tertiary/aromatic N) is 8. The van der Waals surface area contributed by atoms with Gasteiger partial charge in [0.25, 0.3) is 16.7 Å². The number of anilines is 2. The normalized spacial score (nSPS) is 29.9. The lowest BCUT2D eigenvalue weighted by molar-refractivity contribution is -0.646. The number of aromatic nitrogens is 10. The number of carbonyl (C=O) groups excluding carboxylic acids is 1. The summed E-state index contributed by atoms with van der Waals surface area (Å²) in [6, 6.07) is 0.536. The van der Waals surface area contributed by atoms with Crippen LogP contribution in [0.15, 0.2) is 45.6 Å². The highest BCUT2D eigenvalue weighted by Gasteiger charge is 2.55. The maximum Gasteiger partial charge on any atom is 0.490 e. The zero-order valence-corrected chi connectivity index (χ0v) is 43.9. The molecule has 77 heavy (non-hydrogen) atoms. The van der Waals surface area contributed by atoms with Crippen LogP contribution in [0.1, 0.15) is 39.0 Å². The van der Waals surface area contributed by atoms with Crippen molar-refractivity contribution in [2.45, 2.75) is 93.4 Å². The highest BCUT2D eigenvalue weighted by Crippen LogP contribution is 2.68. The van der Waals surface area contributed by atoms with Gasteiger partial charge < -0.3 is 79.7 Å². The van der Waals surface area contributed by atoms with Gasteiger partial charge in [-0.25, -0.2) is 38.0 Å². The molecule has 0 radical (unpaired) electrons. The van der Waals surface area contributed by atoms with Gasteiger partial charge in [-0.3, -0.25) is 42.5 Å². The Balaban J connectivity index is 0.969. The van der Waals surface area contributed by atoms with E-state index < -0.39 is 153 Å². The van der Waals surface area contributed by atoms with Crippen LogP contribution in [0.2, 0.25) is 0 Å². The third-order valence-corrected chi connectivity index (χ3v) is 18.3. The zero-order valence-electron chi connectivity index (χ0n) is 40.3. The molecule has 5 aromatic heterocycles. The molecular weight excluding hydrogens is 1120 g/mol. The second-order valence-electron chi connectivity index (χ2n) is 17.8. The number of aliphatic hydroxyl groups excluding tert-OH is 3. The molecule has 0 aromatic carbocycles. The lowest BCUT2D eigenvalue weighted by Crippen LogP contribution is -2.40. The zero-order chi connectivity index (χ0) is 56.3. The number of methoxy groups -OCH3 is 1. The van der Waals surface area contributed by atoms with Crippen molar-refractivity contribution in [3.8, 4) is 0 Å². The van der Waals surface area contributed by atoms with Crippen molar-refractivity contribution in [3.05, 3.63) is 62.4 Å². The molecule has 0 saturated carbocycles. The number of carbonyl (C=O) groups is 1. The number of phosphoric acid groups is 3. The van der Waals surface area contributed by atoms with E-state index in [4.69, 9.17) is 44.0 Å². The average molecular weight is 1170 g/mol. The second kappa shape index (κ2) is 22.2. The molecule has 5 unspecified atom stereocenters. The highest BCUT2D eigenvalue weighted by molar-refractivity contribution is 7.66. The first-order valence-electron chi connectivity index (χ1n) is 22.5. The number of H-pyrrole nitrogens is 2. The van der Waals surface area contributed by atoms with Crippen LogP contribution in [-0.2, 0) is 71.2 Å². The standard InChI is InChI=1S/C36H51N13O24P4/c1-14(2)42-20(51)7-15-16(69-32(23(15)52)49-13-46(3)22-30(49)44-35(38)45-31(22)55)8-67-75(59,60)72-77(63,64)73-76(61,62)68-10-18-27(26(65-4)34(71-18)48-12-41-21-28(37)39-11-40-29(21)48)74(57,58)66-9-17-24(53)25(54)33(70-17)47-6-5-19(50)43-36(47)56/h5-6,11-18,23-27,32-34,52-54H,7-10H2,1-4H3,(H10-,37,38,39,40,42,43,44,45,50,51,55,56,57,58,59,60,61,62,63,64)/t15-,16-,17-,18-,23-,24-,25-,26-,27-,32?,33-,34-/m1/s1. The molecule has 0 spiro atoms. The summed E-state index contributed by atoms with van der Waals surface area (Å²) >= 11 is 0. The lowest BCUT2D eigenvalue weighted by Gasteiger charge is -2.35. The van der Waals surface area contributed by atoms with E-state index in [1.807, 2.05) is 4.98 Å². The molecular formula is C36H51N13O24P4. The molecule has 0 bridgehead atoms. The summed E-state index contributed by atoms with van der Waals surface area (Å²) < 4.78 is 105. The number of imidazole rings is 2. The van der Waals surface area contributed by atoms with Gasteiger partial charge in [-0.05, 0) is 13.8 Å². The molecule has 13 N–H and O–H groups in total. The van der Waals surface area contributed by atoms with Crippen LogP contribution >= 0.6 is 31.1 Å². The second-order valence-corrected chi connectivity index (χ2v) is 24.4. The van der Waals surface area contributed by atoms with Gasteiger partial charge in [0.05, 0.1) is 51.1 Å². The van der Waals surface area contributed by atoms with Gasteiger partial charge in [-0.2, -0.15) is 18.2 Å². The topological polar surface area (TPSA) is 530 Å². The molecule has 16 atom stereocenters. The first-order chi connectivity index (χ1) is 36.0. The fourth-order valence-electron chi connectivity index (χ4n) is 8.91. The van der Waals surface area contributed by atoms with Crippen LogP contribution in [0.4, 0.5) is 11.8 Å². The molecule has 0 aliphatic carbocycles. The average Bonchev–Trinajstić information content (AvgIpc) is 4.18. The van der Waals surface area contributed by atoms with Crippen molar-refractivity contribution in [2.24, 2.45) is 13.0 Å². The predicted molar refractivity (Wildman–Crippen MR) is 250 cm³/mol. The lowest BCUT2D eigenvalue weighted by atomic mass is 9.94. The summed E-state index contributed by atoms with van der Waals surface area (Å²) in [5, 5.41) is 35.6. The number of nitrogen functional groups attached to an aromatic ring is 2. The fourth-order valence-corrected chi connectivity index (χ4v) is 14.1. The minimum Gasteiger partial charge on any atom is -0.778 e. The van der Waals surface area contributed by atoms with E-state index in [1.54, 1.807) is 13.8 Å². The van der Waals surface area contributed by atoms with Crippen LogP contribution < -0.4 is 43.1 Å². The number of aromatic amines is 2. The molecule has 3 fully saturated rings. The van der Waals surface area contributed by atoms with Gasteiger partial charge in [-0.1, -0.05) is 0 Å². The number of hydrogen-bond acceptors (Lipinski definition) is 27. The molecule has 3 aliphatic rings. The van der Waals surface area contributed by atoms with Crippen LogP contribution in [0.25, 0.3) is 22.3 Å². The Morgan fingerprint density at radius 1 is 0.831 bits per heavy atom. The maximum absolute atomic E-state index is 14.2. The van der Waals surface area contributed by atoms with Crippen molar-refractivity contribution in [3.63, 3.8) is 0 Å². The molecule has 37 nitrogen and oxygen atoms in total. The molecule has 3 saturated heterocycles. The summed E-state index contributed by atoms with van der Waals surface area (Å²) in [7, 11) is -21.3. The van der Waals surface area contributed by atoms with Gasteiger partial charge in [0.2, 0.25) is 24.4 Å². The molecule has 41 heteroatoms. The van der Waals surface area contributed by atoms with E-state index in [-0.39, 0.29) is 40.1 Å². The van der Waals surface area contributed by atoms with E-state index >= 15 is 0 Å². The van der Waals surface area contributed by atoms with Crippen LogP contribution in [0.5, 0.6) is 0 Å². The highest BCUT2D eigenvalue weighted by atomic mass is 31.3. The number of aliphatic hydroxyl groups is 3. The fraction of sp³-hybridized carbons (Fsp3) is 0.583. The van der Waals surface area contributed by atoms with Gasteiger partial charge in [0.1, 0.15) is 50.0 Å². The van der Waals surface area contributed by atoms with E-state index in [0.29, 0.717) is 4.57 Å². The third kappa shape index (κ3) is 12.4. The first-order valence-corrected chi connectivity index (χ1v) is 28.6. The van der Waals surface area contributed by atoms with Crippen molar-refractivity contribution in [1.29, 1.82) is 0 Å². The molecule has 8 heterocycles. The Morgan fingerprint density at radius 2 is 1.45 bits per heavy atom. The molecule has 424 valence electrons. The maximum atomic E-state index is 14.2. The monoisotopic (exact) mass is 1170 g/mol. The van der Waals surface area contributed by atoms with Crippen molar-refractivity contribution < 1.29 is 104 Å². The number of ether oxygens (including phenoxy) is 4. The number of fused-ring (bicyclic) bond motifs is 2. The minimum absolute atomic E-state index is 0.0108. The Morgan fingerprint density at radius 3 is 2.10 bits per heavy atom. The quantitative estimate of drug-likeness (QED) is 0.0245. The number of nitrogens with two attached hydrogens (primary N) is 2.